The van der Waals surface area contributed by atoms with Crippen LogP contribution in [0.5, 0.6) is 17.2 Å². The summed E-state index contributed by atoms with van der Waals surface area (Å²) in [5.74, 6) is -0.611. The second kappa shape index (κ2) is 4.79. The highest BCUT2D eigenvalue weighted by Gasteiger charge is 2.06. The van der Waals surface area contributed by atoms with Crippen LogP contribution in [0.3, 0.4) is 0 Å². The molecular weight excluding hydrogens is 194 g/mol. The third-order valence-electron chi connectivity index (χ3n) is 1.59. The lowest BCUT2D eigenvalue weighted by molar-refractivity contribution is -0.00000541. The van der Waals surface area contributed by atoms with Gasteiger partial charge in [0, 0.05) is 6.07 Å². The van der Waals surface area contributed by atoms with Crippen molar-refractivity contribution in [3.05, 3.63) is 17.7 Å². The van der Waals surface area contributed by atoms with Crippen LogP contribution in [0.4, 0.5) is 0 Å². The Hall–Kier alpha value is -1.13. The molecule has 0 aromatic heterocycles. The number of phenolic OH excluding ortho intramolecular Hbond substituents is 3. The zero-order valence-electron chi connectivity index (χ0n) is 7.87. The van der Waals surface area contributed by atoms with E-state index in [1.165, 1.54) is 6.07 Å². The molecule has 0 radical (unpaired) electrons. The van der Waals surface area contributed by atoms with E-state index in [0.29, 0.717) is 18.5 Å². The Balaban J connectivity index is 0. The van der Waals surface area contributed by atoms with Crippen molar-refractivity contribution in [3.8, 4) is 17.2 Å². The van der Waals surface area contributed by atoms with Crippen molar-refractivity contribution < 1.29 is 29.2 Å². The Kier molecular flexibility index (Phi) is 4.37. The molecule has 13 heavy (non-hydrogen) atoms. The smallest absolute Gasteiger partial charge is 1.00 e. The molecule has 0 aliphatic rings. The summed E-state index contributed by atoms with van der Waals surface area (Å²) in [6.07, 6.45) is 0.472. The number of halogens is 1. The topological polar surface area (TPSA) is 86.7 Å². The molecule has 0 unspecified atom stereocenters. The van der Waals surface area contributed by atoms with E-state index >= 15 is 0 Å². The maximum Gasteiger partial charge on any atom is 1.00 e. The summed E-state index contributed by atoms with van der Waals surface area (Å²) in [7, 11) is 0. The fourth-order valence-electron chi connectivity index (χ4n) is 0.965. The third kappa shape index (κ3) is 2.68. The summed E-state index contributed by atoms with van der Waals surface area (Å²) in [4.78, 5) is 0. The van der Waals surface area contributed by atoms with Crippen molar-refractivity contribution in [1.82, 2.24) is 0 Å². The van der Waals surface area contributed by atoms with E-state index in [1.54, 1.807) is 0 Å². The zero-order chi connectivity index (χ0) is 9.14. The molecule has 0 aliphatic carbocycles. The predicted molar refractivity (Wildman–Crippen MR) is 45.3 cm³/mol. The highest BCUT2D eigenvalue weighted by molar-refractivity contribution is 5.48. The standard InChI is InChI=1S/C8H11NO3.ClH/c9-2-1-5-3-7(11)8(12)4-6(5)10;/h3-4,10-12H,1-2,9H2;1H. The SMILES string of the molecule is NCCc1cc(O)c(O)cc1O.[Cl-].[H+]. The first-order valence-electron chi connectivity index (χ1n) is 3.59. The van der Waals surface area contributed by atoms with Gasteiger partial charge in [0.25, 0.3) is 0 Å². The second-order valence-corrected chi connectivity index (χ2v) is 2.51. The molecule has 0 amide bonds. The molecule has 0 bridgehead atoms. The van der Waals surface area contributed by atoms with Gasteiger partial charge in [-0.2, -0.15) is 0 Å². The van der Waals surface area contributed by atoms with E-state index in [9.17, 15) is 5.11 Å². The molecule has 0 aliphatic heterocycles. The molecule has 5 heteroatoms. The number of phenols is 3. The molecule has 1 aromatic rings. The van der Waals surface area contributed by atoms with Crippen molar-refractivity contribution in [2.75, 3.05) is 6.54 Å². The molecule has 0 fully saturated rings. The minimum absolute atomic E-state index is 0. The van der Waals surface area contributed by atoms with Gasteiger partial charge in [-0.05, 0) is 24.6 Å². The summed E-state index contributed by atoms with van der Waals surface area (Å²) in [6, 6.07) is 2.40. The van der Waals surface area contributed by atoms with Gasteiger partial charge in [0.1, 0.15) is 5.75 Å². The maximum absolute atomic E-state index is 9.22. The monoisotopic (exact) mass is 205 g/mol. The molecule has 74 valence electrons. The van der Waals surface area contributed by atoms with Gasteiger partial charge in [0.2, 0.25) is 0 Å². The highest BCUT2D eigenvalue weighted by Crippen LogP contribution is 2.31. The molecule has 0 spiro atoms. The lowest BCUT2D eigenvalue weighted by Crippen LogP contribution is -3.00. The zero-order valence-corrected chi connectivity index (χ0v) is 7.62. The highest BCUT2D eigenvalue weighted by atomic mass is 35.5. The van der Waals surface area contributed by atoms with Crippen LogP contribution in [-0.4, -0.2) is 21.9 Å². The Bertz CT molecular complexity index is 296. The van der Waals surface area contributed by atoms with Crippen LogP contribution in [0.15, 0.2) is 12.1 Å². The molecule has 0 heterocycles. The van der Waals surface area contributed by atoms with Gasteiger partial charge >= 0.3 is 1.43 Å². The van der Waals surface area contributed by atoms with Gasteiger partial charge in [-0.1, -0.05) is 0 Å². The van der Waals surface area contributed by atoms with E-state index in [-0.39, 0.29) is 31.1 Å². The minimum atomic E-state index is -0.326. The first-order chi connectivity index (χ1) is 5.65. The first-order valence-corrected chi connectivity index (χ1v) is 3.59. The average Bonchev–Trinajstić information content (AvgIpc) is 2.01. The van der Waals surface area contributed by atoms with Gasteiger partial charge in [-0.3, -0.25) is 0 Å². The molecule has 0 atom stereocenters. The molecular formula is C8H12ClNO3. The van der Waals surface area contributed by atoms with E-state index in [0.717, 1.165) is 6.07 Å². The number of benzene rings is 1. The molecule has 5 N–H and O–H groups in total. The van der Waals surface area contributed by atoms with Crippen LogP contribution in [0.25, 0.3) is 0 Å². The van der Waals surface area contributed by atoms with E-state index in [2.05, 4.69) is 0 Å². The van der Waals surface area contributed by atoms with Crippen LogP contribution in [-0.2, 0) is 6.42 Å². The molecule has 1 aromatic carbocycles. The average molecular weight is 206 g/mol. The quantitative estimate of drug-likeness (QED) is 0.316. The summed E-state index contributed by atoms with van der Waals surface area (Å²) in [6.45, 7) is 0.387. The molecule has 4 nitrogen and oxygen atoms in total. The third-order valence-corrected chi connectivity index (χ3v) is 1.59. The predicted octanol–water partition coefficient (Wildman–Crippen LogP) is -2.58. The molecule has 0 saturated carbocycles. The molecule has 0 saturated heterocycles. The maximum atomic E-state index is 9.22. The fourth-order valence-corrected chi connectivity index (χ4v) is 0.965. The van der Waals surface area contributed by atoms with Gasteiger partial charge in [-0.25, -0.2) is 0 Å². The van der Waals surface area contributed by atoms with Gasteiger partial charge in [0.15, 0.2) is 11.5 Å². The summed E-state index contributed by atoms with van der Waals surface area (Å²) >= 11 is 0. The Labute approximate surface area is 83.5 Å². The van der Waals surface area contributed by atoms with Crippen molar-refractivity contribution in [2.24, 2.45) is 5.73 Å². The summed E-state index contributed by atoms with van der Waals surface area (Å²) < 4.78 is 0. The lowest BCUT2D eigenvalue weighted by atomic mass is 10.1. The van der Waals surface area contributed by atoms with Gasteiger partial charge in [0.05, 0.1) is 0 Å². The van der Waals surface area contributed by atoms with Crippen LogP contribution in [0, 0.1) is 0 Å². The van der Waals surface area contributed by atoms with E-state index < -0.39 is 0 Å². The largest absolute Gasteiger partial charge is 1.00 e. The van der Waals surface area contributed by atoms with Gasteiger partial charge in [-0.15, -0.1) is 0 Å². The Morgan fingerprint density at radius 1 is 1.08 bits per heavy atom. The number of rotatable bonds is 2. The second-order valence-electron chi connectivity index (χ2n) is 2.51. The van der Waals surface area contributed by atoms with Crippen LogP contribution < -0.4 is 18.1 Å². The van der Waals surface area contributed by atoms with Crippen molar-refractivity contribution in [2.45, 2.75) is 6.42 Å². The van der Waals surface area contributed by atoms with Crippen molar-refractivity contribution in [3.63, 3.8) is 0 Å². The minimum Gasteiger partial charge on any atom is -1.00 e. The molecule has 1 rings (SSSR count). The fraction of sp³-hybridized carbons (Fsp3) is 0.250. The van der Waals surface area contributed by atoms with Crippen LogP contribution in [0.1, 0.15) is 6.99 Å². The van der Waals surface area contributed by atoms with Crippen LogP contribution in [0.2, 0.25) is 0 Å². The van der Waals surface area contributed by atoms with Crippen molar-refractivity contribution >= 4 is 0 Å². The number of hydrogen-bond acceptors (Lipinski definition) is 4. The van der Waals surface area contributed by atoms with E-state index in [4.69, 9.17) is 15.9 Å². The Morgan fingerprint density at radius 3 is 2.15 bits per heavy atom. The number of nitrogens with two attached hydrogens (primary N) is 1. The Morgan fingerprint density at radius 2 is 1.62 bits per heavy atom. The van der Waals surface area contributed by atoms with Crippen molar-refractivity contribution in [1.29, 1.82) is 0 Å². The number of hydrogen-bond donors (Lipinski definition) is 4. The normalized spacial score (nSPS) is 9.31. The van der Waals surface area contributed by atoms with E-state index in [1.807, 2.05) is 0 Å². The summed E-state index contributed by atoms with van der Waals surface area (Å²) in [5, 5.41) is 27.2. The van der Waals surface area contributed by atoms with Crippen LogP contribution >= 0.6 is 0 Å². The number of aromatic hydroxyl groups is 3. The summed E-state index contributed by atoms with van der Waals surface area (Å²) in [5.41, 5.74) is 5.80. The lowest BCUT2D eigenvalue weighted by Gasteiger charge is -2.04. The first kappa shape index (κ1) is 11.9. The van der Waals surface area contributed by atoms with Gasteiger partial charge < -0.3 is 33.5 Å².